The average molecular weight is 460 g/mol. The van der Waals surface area contributed by atoms with E-state index >= 15 is 0 Å². The van der Waals surface area contributed by atoms with Gasteiger partial charge in [0.25, 0.3) is 11.6 Å². The molecule has 0 saturated heterocycles. The van der Waals surface area contributed by atoms with Crippen molar-refractivity contribution in [3.05, 3.63) is 62.9 Å². The first-order chi connectivity index (χ1) is 14.8. The lowest BCUT2D eigenvalue weighted by molar-refractivity contribution is -0.384. The number of nitro benzene ring substituents is 1. The monoisotopic (exact) mass is 459 g/mol. The van der Waals surface area contributed by atoms with Crippen LogP contribution in [0.15, 0.2) is 52.4 Å². The number of thioether (sulfide) groups is 1. The molecule has 10 heteroatoms. The van der Waals surface area contributed by atoms with Crippen molar-refractivity contribution < 1.29 is 19.2 Å². The lowest BCUT2D eigenvalue weighted by atomic mass is 10.2. The Morgan fingerprint density at radius 1 is 1.26 bits per heavy atom. The van der Waals surface area contributed by atoms with Gasteiger partial charge in [0.1, 0.15) is 6.54 Å². The average Bonchev–Trinajstić information content (AvgIpc) is 3.04. The Kier molecular flexibility index (Phi) is 7.24. The van der Waals surface area contributed by atoms with Crippen LogP contribution in [-0.4, -0.2) is 33.2 Å². The van der Waals surface area contributed by atoms with Crippen molar-refractivity contribution in [1.82, 2.24) is 4.57 Å². The van der Waals surface area contributed by atoms with E-state index in [0.717, 1.165) is 4.90 Å². The Balaban J connectivity index is 2.09. The summed E-state index contributed by atoms with van der Waals surface area (Å²) in [6.45, 7) is 5.82. The molecule has 0 unspecified atom stereocenters. The van der Waals surface area contributed by atoms with Crippen LogP contribution >= 0.6 is 23.1 Å². The normalized spacial score (nSPS) is 11.8. The third-order valence-electron chi connectivity index (χ3n) is 4.12. The molecule has 0 saturated carbocycles. The van der Waals surface area contributed by atoms with Crippen molar-refractivity contribution in [2.45, 2.75) is 37.5 Å². The number of carbonyl (C=O) groups is 2. The number of non-ortho nitro benzene ring substituents is 1. The highest BCUT2D eigenvalue weighted by Crippen LogP contribution is 2.25. The topological polar surface area (TPSA) is 104 Å². The first-order valence-corrected chi connectivity index (χ1v) is 11.3. The molecular weight excluding hydrogens is 438 g/mol. The van der Waals surface area contributed by atoms with E-state index in [0.29, 0.717) is 21.0 Å². The van der Waals surface area contributed by atoms with Gasteiger partial charge in [-0.25, -0.2) is 0 Å². The molecule has 3 aromatic rings. The summed E-state index contributed by atoms with van der Waals surface area (Å²) in [5.74, 6) is -0.970. The number of nitrogens with zero attached hydrogens (tertiary/aromatic N) is 3. The van der Waals surface area contributed by atoms with Crippen LogP contribution in [0.3, 0.4) is 0 Å². The SMILES string of the molecule is CCOC(=O)Cn1c(=NC(=O)c2cccc(SC(C)C)c2)sc2ccc([N+](=O)[O-])cc21. The van der Waals surface area contributed by atoms with Crippen molar-refractivity contribution in [2.24, 2.45) is 4.99 Å². The fraction of sp³-hybridized carbons (Fsp3) is 0.286. The summed E-state index contributed by atoms with van der Waals surface area (Å²) in [6, 6.07) is 11.5. The number of benzene rings is 2. The zero-order valence-corrected chi connectivity index (χ0v) is 18.9. The van der Waals surface area contributed by atoms with Gasteiger partial charge in [-0.3, -0.25) is 19.7 Å². The molecule has 0 N–H and O–H groups in total. The summed E-state index contributed by atoms with van der Waals surface area (Å²) in [5, 5.41) is 11.6. The van der Waals surface area contributed by atoms with E-state index in [1.165, 1.54) is 28.0 Å². The molecule has 0 fully saturated rings. The lowest BCUT2D eigenvalue weighted by Gasteiger charge is -2.06. The Morgan fingerprint density at radius 3 is 2.71 bits per heavy atom. The van der Waals surface area contributed by atoms with Gasteiger partial charge in [-0.2, -0.15) is 4.99 Å². The molecule has 0 spiro atoms. The van der Waals surface area contributed by atoms with E-state index in [1.807, 2.05) is 6.07 Å². The van der Waals surface area contributed by atoms with Gasteiger partial charge in [-0.1, -0.05) is 31.3 Å². The molecule has 0 atom stereocenters. The molecule has 31 heavy (non-hydrogen) atoms. The maximum Gasteiger partial charge on any atom is 0.326 e. The van der Waals surface area contributed by atoms with Crippen LogP contribution in [-0.2, 0) is 16.1 Å². The zero-order chi connectivity index (χ0) is 22.5. The van der Waals surface area contributed by atoms with Crippen LogP contribution in [0.2, 0.25) is 0 Å². The number of nitro groups is 1. The number of hydrogen-bond acceptors (Lipinski definition) is 7. The Bertz CT molecular complexity index is 1210. The predicted octanol–water partition coefficient (Wildman–Crippen LogP) is 4.42. The molecular formula is C21H21N3O5S2. The number of hydrogen-bond donors (Lipinski definition) is 0. The number of ether oxygens (including phenoxy) is 1. The van der Waals surface area contributed by atoms with E-state index in [1.54, 1.807) is 43.0 Å². The third kappa shape index (κ3) is 5.59. The zero-order valence-electron chi connectivity index (χ0n) is 17.2. The second-order valence-electron chi connectivity index (χ2n) is 6.80. The Hall–Kier alpha value is -2.98. The van der Waals surface area contributed by atoms with Crippen LogP contribution in [0.1, 0.15) is 31.1 Å². The summed E-state index contributed by atoms with van der Waals surface area (Å²) >= 11 is 2.82. The van der Waals surface area contributed by atoms with E-state index in [2.05, 4.69) is 18.8 Å². The molecule has 1 aromatic heterocycles. The molecule has 2 aromatic carbocycles. The molecule has 1 amide bonds. The van der Waals surface area contributed by atoms with Gasteiger partial charge in [0.05, 0.1) is 21.7 Å². The van der Waals surface area contributed by atoms with Gasteiger partial charge in [0, 0.05) is 27.8 Å². The fourth-order valence-corrected chi connectivity index (χ4v) is 4.78. The maximum absolute atomic E-state index is 12.9. The Morgan fingerprint density at radius 2 is 2.03 bits per heavy atom. The van der Waals surface area contributed by atoms with E-state index in [4.69, 9.17) is 4.74 Å². The van der Waals surface area contributed by atoms with E-state index in [-0.39, 0.29) is 23.6 Å². The first kappa shape index (κ1) is 22.7. The Labute approximate surface area is 186 Å². The van der Waals surface area contributed by atoms with Gasteiger partial charge >= 0.3 is 5.97 Å². The molecule has 0 aliphatic heterocycles. The minimum absolute atomic E-state index is 0.112. The first-order valence-electron chi connectivity index (χ1n) is 9.57. The highest BCUT2D eigenvalue weighted by molar-refractivity contribution is 7.99. The summed E-state index contributed by atoms with van der Waals surface area (Å²) in [6.07, 6.45) is 0. The highest BCUT2D eigenvalue weighted by Gasteiger charge is 2.16. The molecule has 1 heterocycles. The second-order valence-corrected chi connectivity index (χ2v) is 9.46. The highest BCUT2D eigenvalue weighted by atomic mass is 32.2. The summed E-state index contributed by atoms with van der Waals surface area (Å²) in [5.41, 5.74) is 0.763. The predicted molar refractivity (Wildman–Crippen MR) is 120 cm³/mol. The summed E-state index contributed by atoms with van der Waals surface area (Å²) in [4.78, 5) is 41.1. The number of aromatic nitrogens is 1. The third-order valence-corrected chi connectivity index (χ3v) is 6.18. The molecule has 0 bridgehead atoms. The molecule has 0 aliphatic carbocycles. The smallest absolute Gasteiger partial charge is 0.326 e. The number of carbonyl (C=O) groups excluding carboxylic acids is 2. The standard InChI is InChI=1S/C21H21N3O5S2/c1-4-29-19(25)12-23-17-11-15(24(27)28)8-9-18(17)31-21(23)22-20(26)14-6-5-7-16(10-14)30-13(2)3/h5-11,13H,4,12H2,1-3H3. The van der Waals surface area contributed by atoms with Crippen LogP contribution in [0.5, 0.6) is 0 Å². The minimum atomic E-state index is -0.516. The van der Waals surface area contributed by atoms with Crippen LogP contribution in [0.25, 0.3) is 10.2 Å². The number of esters is 1. The van der Waals surface area contributed by atoms with Crippen molar-refractivity contribution in [3.8, 4) is 0 Å². The van der Waals surface area contributed by atoms with Crippen molar-refractivity contribution in [3.63, 3.8) is 0 Å². The maximum atomic E-state index is 12.9. The number of thiazole rings is 1. The van der Waals surface area contributed by atoms with Gasteiger partial charge in [0.2, 0.25) is 0 Å². The van der Waals surface area contributed by atoms with E-state index in [9.17, 15) is 19.7 Å². The molecule has 3 rings (SSSR count). The minimum Gasteiger partial charge on any atom is -0.465 e. The van der Waals surface area contributed by atoms with Gasteiger partial charge in [0.15, 0.2) is 4.80 Å². The molecule has 0 radical (unpaired) electrons. The molecule has 162 valence electrons. The number of fused-ring (bicyclic) bond motifs is 1. The van der Waals surface area contributed by atoms with Crippen LogP contribution < -0.4 is 4.80 Å². The molecule has 8 nitrogen and oxygen atoms in total. The summed E-state index contributed by atoms with van der Waals surface area (Å²) in [7, 11) is 0. The van der Waals surface area contributed by atoms with Crippen LogP contribution in [0.4, 0.5) is 5.69 Å². The van der Waals surface area contributed by atoms with Crippen molar-refractivity contribution in [1.29, 1.82) is 0 Å². The van der Waals surface area contributed by atoms with E-state index < -0.39 is 16.8 Å². The quantitative estimate of drug-likeness (QED) is 0.224. The number of amides is 1. The molecule has 0 aliphatic rings. The van der Waals surface area contributed by atoms with Crippen molar-refractivity contribution in [2.75, 3.05) is 6.61 Å². The number of rotatable bonds is 7. The lowest BCUT2D eigenvalue weighted by Crippen LogP contribution is -2.23. The second kappa shape index (κ2) is 9.88. The van der Waals surface area contributed by atoms with Gasteiger partial charge in [-0.05, 0) is 31.2 Å². The van der Waals surface area contributed by atoms with Gasteiger partial charge < -0.3 is 9.30 Å². The fourth-order valence-electron chi connectivity index (χ4n) is 2.87. The van der Waals surface area contributed by atoms with Crippen LogP contribution in [0, 0.1) is 10.1 Å². The summed E-state index contributed by atoms with van der Waals surface area (Å²) < 4.78 is 7.17. The van der Waals surface area contributed by atoms with Gasteiger partial charge in [-0.15, -0.1) is 11.8 Å². The largest absolute Gasteiger partial charge is 0.465 e. The van der Waals surface area contributed by atoms with Crippen molar-refractivity contribution >= 4 is 50.9 Å².